The Kier molecular flexibility index (Phi) is 3.73. The summed E-state index contributed by atoms with van der Waals surface area (Å²) in [5.74, 6) is 0.720. The van der Waals surface area contributed by atoms with Crippen LogP contribution in [0, 0.1) is 6.92 Å². The van der Waals surface area contributed by atoms with Crippen molar-refractivity contribution in [3.8, 4) is 22.5 Å². The van der Waals surface area contributed by atoms with Gasteiger partial charge in [0.1, 0.15) is 28.2 Å². The van der Waals surface area contributed by atoms with Crippen molar-refractivity contribution < 1.29 is 8.83 Å². The van der Waals surface area contributed by atoms with Gasteiger partial charge in [-0.15, -0.1) is 0 Å². The Morgan fingerprint density at radius 1 is 0.515 bits per heavy atom. The van der Waals surface area contributed by atoms with Crippen LogP contribution in [0.25, 0.3) is 66.4 Å². The third kappa shape index (κ3) is 2.71. The molecule has 4 aromatic carbocycles. The van der Waals surface area contributed by atoms with Crippen LogP contribution in [-0.4, -0.2) is 9.97 Å². The van der Waals surface area contributed by atoms with E-state index in [1.54, 1.807) is 0 Å². The van der Waals surface area contributed by atoms with Gasteiger partial charge >= 0.3 is 0 Å². The number of nitrogens with zero attached hydrogens (tertiary/aromatic N) is 2. The number of para-hydroxylation sites is 2. The fraction of sp³-hybridized carbons (Fsp3) is 0.0345. The van der Waals surface area contributed by atoms with Crippen molar-refractivity contribution in [3.05, 3.63) is 96.8 Å². The Morgan fingerprint density at radius 3 is 1.48 bits per heavy atom. The molecule has 4 nitrogen and oxygen atoms in total. The lowest BCUT2D eigenvalue weighted by atomic mass is 10.00. The van der Waals surface area contributed by atoms with E-state index in [4.69, 9.17) is 18.8 Å². The van der Waals surface area contributed by atoms with Gasteiger partial charge in [-0.05, 0) is 37.3 Å². The van der Waals surface area contributed by atoms with Crippen LogP contribution in [0.2, 0.25) is 0 Å². The molecule has 3 heterocycles. The van der Waals surface area contributed by atoms with Crippen LogP contribution < -0.4 is 0 Å². The zero-order valence-corrected chi connectivity index (χ0v) is 17.9. The standard InChI is InChI=1S/C29H18N2O2/c1-17-30-22(18-10-6-14-26-28(18)20-8-2-4-12-24(20)32-26)16-23(31-17)19-11-7-15-27-29(19)21-9-3-5-13-25(21)33-27/h2-16H,1H3. The van der Waals surface area contributed by atoms with Crippen LogP contribution in [-0.2, 0) is 0 Å². The van der Waals surface area contributed by atoms with Crippen LogP contribution in [0.15, 0.2) is 99.8 Å². The van der Waals surface area contributed by atoms with Crippen molar-refractivity contribution in [2.75, 3.05) is 0 Å². The normalized spacial score (nSPS) is 11.8. The molecular weight excluding hydrogens is 408 g/mol. The van der Waals surface area contributed by atoms with E-state index >= 15 is 0 Å². The fourth-order valence-electron chi connectivity index (χ4n) is 4.82. The molecule has 0 bridgehead atoms. The first-order chi connectivity index (χ1) is 16.3. The van der Waals surface area contributed by atoms with E-state index in [0.29, 0.717) is 0 Å². The van der Waals surface area contributed by atoms with Crippen molar-refractivity contribution in [1.29, 1.82) is 0 Å². The van der Waals surface area contributed by atoms with E-state index in [0.717, 1.165) is 72.2 Å². The highest BCUT2D eigenvalue weighted by Crippen LogP contribution is 2.39. The number of aryl methyl sites for hydroxylation is 1. The summed E-state index contributed by atoms with van der Waals surface area (Å²) in [7, 11) is 0. The summed E-state index contributed by atoms with van der Waals surface area (Å²) in [4.78, 5) is 9.64. The molecule has 0 atom stereocenters. The van der Waals surface area contributed by atoms with Crippen molar-refractivity contribution in [1.82, 2.24) is 9.97 Å². The van der Waals surface area contributed by atoms with Gasteiger partial charge in [0, 0.05) is 32.7 Å². The molecule has 156 valence electrons. The molecule has 7 aromatic rings. The van der Waals surface area contributed by atoms with E-state index in [1.807, 2.05) is 67.6 Å². The average molecular weight is 426 g/mol. The maximum absolute atomic E-state index is 6.10. The van der Waals surface area contributed by atoms with Crippen LogP contribution in [0.3, 0.4) is 0 Å². The van der Waals surface area contributed by atoms with Gasteiger partial charge in [-0.2, -0.15) is 0 Å². The van der Waals surface area contributed by atoms with Crippen molar-refractivity contribution in [3.63, 3.8) is 0 Å². The Hall–Kier alpha value is -4.44. The lowest BCUT2D eigenvalue weighted by molar-refractivity contribution is 0.668. The molecule has 0 spiro atoms. The summed E-state index contributed by atoms with van der Waals surface area (Å²) >= 11 is 0. The van der Waals surface area contributed by atoms with Crippen molar-refractivity contribution >= 4 is 43.9 Å². The molecule has 0 aliphatic carbocycles. The highest BCUT2D eigenvalue weighted by Gasteiger charge is 2.17. The van der Waals surface area contributed by atoms with Gasteiger partial charge in [-0.3, -0.25) is 0 Å². The molecule has 0 fully saturated rings. The first kappa shape index (κ1) is 18.2. The van der Waals surface area contributed by atoms with E-state index in [-0.39, 0.29) is 0 Å². The lowest BCUT2D eigenvalue weighted by Crippen LogP contribution is -1.95. The molecule has 0 unspecified atom stereocenters. The second kappa shape index (κ2) is 6.78. The van der Waals surface area contributed by atoms with Crippen molar-refractivity contribution in [2.24, 2.45) is 0 Å². The predicted molar refractivity (Wildman–Crippen MR) is 132 cm³/mol. The summed E-state index contributed by atoms with van der Waals surface area (Å²) in [5, 5.41) is 4.32. The summed E-state index contributed by atoms with van der Waals surface area (Å²) in [5.41, 5.74) is 7.28. The molecule has 0 aliphatic rings. The molecular formula is C29H18N2O2. The first-order valence-corrected chi connectivity index (χ1v) is 10.9. The van der Waals surface area contributed by atoms with Gasteiger partial charge in [-0.25, -0.2) is 9.97 Å². The molecule has 3 aromatic heterocycles. The highest BCUT2D eigenvalue weighted by molar-refractivity contribution is 6.13. The minimum atomic E-state index is 0.720. The number of benzene rings is 4. The number of furan rings is 2. The van der Waals surface area contributed by atoms with E-state index < -0.39 is 0 Å². The van der Waals surface area contributed by atoms with Crippen LogP contribution >= 0.6 is 0 Å². The predicted octanol–water partition coefficient (Wildman–Crippen LogP) is 7.92. The number of aromatic nitrogens is 2. The average Bonchev–Trinajstić information content (AvgIpc) is 3.42. The number of fused-ring (bicyclic) bond motifs is 6. The smallest absolute Gasteiger partial charge is 0.136 e. The lowest BCUT2D eigenvalue weighted by Gasteiger charge is -2.09. The molecule has 0 saturated heterocycles. The monoisotopic (exact) mass is 426 g/mol. The zero-order valence-electron chi connectivity index (χ0n) is 17.9. The van der Waals surface area contributed by atoms with Crippen LogP contribution in [0.5, 0.6) is 0 Å². The fourth-order valence-corrected chi connectivity index (χ4v) is 4.82. The molecule has 0 radical (unpaired) electrons. The largest absolute Gasteiger partial charge is 0.456 e. The molecule has 0 aliphatic heterocycles. The number of hydrogen-bond donors (Lipinski definition) is 0. The van der Waals surface area contributed by atoms with E-state index in [2.05, 4.69) is 30.3 Å². The Morgan fingerprint density at radius 2 is 0.970 bits per heavy atom. The van der Waals surface area contributed by atoms with Gasteiger partial charge in [0.2, 0.25) is 0 Å². The highest BCUT2D eigenvalue weighted by atomic mass is 16.3. The molecule has 0 N–H and O–H groups in total. The third-order valence-electron chi connectivity index (χ3n) is 6.19. The first-order valence-electron chi connectivity index (χ1n) is 10.9. The third-order valence-corrected chi connectivity index (χ3v) is 6.19. The van der Waals surface area contributed by atoms with Gasteiger partial charge in [0.15, 0.2) is 0 Å². The van der Waals surface area contributed by atoms with Gasteiger partial charge in [0.05, 0.1) is 11.4 Å². The maximum Gasteiger partial charge on any atom is 0.136 e. The SMILES string of the molecule is Cc1nc(-c2cccc3oc4ccccc4c23)cc(-c2cccc3oc4ccccc4c23)n1. The Balaban J connectivity index is 1.52. The van der Waals surface area contributed by atoms with E-state index in [9.17, 15) is 0 Å². The van der Waals surface area contributed by atoms with Crippen LogP contribution in [0.1, 0.15) is 5.82 Å². The maximum atomic E-state index is 6.10. The Labute approximate surface area is 189 Å². The summed E-state index contributed by atoms with van der Waals surface area (Å²) in [6.07, 6.45) is 0. The van der Waals surface area contributed by atoms with Crippen LogP contribution in [0.4, 0.5) is 0 Å². The second-order valence-corrected chi connectivity index (χ2v) is 8.24. The minimum absolute atomic E-state index is 0.720. The summed E-state index contributed by atoms with van der Waals surface area (Å²) < 4.78 is 12.2. The molecule has 4 heteroatoms. The summed E-state index contributed by atoms with van der Waals surface area (Å²) in [6, 6.07) is 30.6. The molecule has 0 amide bonds. The topological polar surface area (TPSA) is 52.1 Å². The summed E-state index contributed by atoms with van der Waals surface area (Å²) in [6.45, 7) is 1.94. The molecule has 0 saturated carbocycles. The van der Waals surface area contributed by atoms with Gasteiger partial charge < -0.3 is 8.83 Å². The minimum Gasteiger partial charge on any atom is -0.456 e. The van der Waals surface area contributed by atoms with Gasteiger partial charge in [0.25, 0.3) is 0 Å². The zero-order chi connectivity index (χ0) is 21.9. The molecule has 33 heavy (non-hydrogen) atoms. The number of hydrogen-bond acceptors (Lipinski definition) is 4. The second-order valence-electron chi connectivity index (χ2n) is 8.24. The van der Waals surface area contributed by atoms with Gasteiger partial charge in [-0.1, -0.05) is 60.7 Å². The number of rotatable bonds is 2. The quantitative estimate of drug-likeness (QED) is 0.282. The Bertz CT molecular complexity index is 1710. The van der Waals surface area contributed by atoms with Crippen molar-refractivity contribution in [2.45, 2.75) is 6.92 Å². The molecule has 7 rings (SSSR count). The van der Waals surface area contributed by atoms with E-state index in [1.165, 1.54) is 0 Å².